The molecular formula is C19H18F3NO3. The lowest BCUT2D eigenvalue weighted by Gasteiger charge is -2.22. The predicted octanol–water partition coefficient (Wildman–Crippen LogP) is 4.56. The van der Waals surface area contributed by atoms with Gasteiger partial charge in [0, 0.05) is 18.6 Å². The van der Waals surface area contributed by atoms with Gasteiger partial charge in [0.15, 0.2) is 6.29 Å². The van der Waals surface area contributed by atoms with Gasteiger partial charge in [-0.25, -0.2) is 10.3 Å². The molecule has 1 saturated heterocycles. The highest BCUT2D eigenvalue weighted by Crippen LogP contribution is 2.31. The zero-order valence-corrected chi connectivity index (χ0v) is 13.9. The number of hydrogen-bond acceptors (Lipinski definition) is 3. The highest BCUT2D eigenvalue weighted by atomic mass is 19.4. The van der Waals surface area contributed by atoms with Crippen molar-refractivity contribution in [2.45, 2.75) is 31.7 Å². The highest BCUT2D eigenvalue weighted by molar-refractivity contribution is 6.00. The van der Waals surface area contributed by atoms with Gasteiger partial charge in [-0.15, -0.1) is 0 Å². The van der Waals surface area contributed by atoms with Crippen LogP contribution in [0, 0.1) is 0 Å². The number of carbonyl (C=O) groups excluding carboxylic acids is 1. The van der Waals surface area contributed by atoms with Gasteiger partial charge in [-0.3, -0.25) is 4.79 Å². The number of carbonyl (C=O) groups is 1. The van der Waals surface area contributed by atoms with E-state index in [1.165, 1.54) is 12.1 Å². The molecule has 1 aliphatic rings. The molecular weight excluding hydrogens is 347 g/mol. The van der Waals surface area contributed by atoms with Crippen LogP contribution in [0.5, 0.6) is 0 Å². The largest absolute Gasteiger partial charge is 0.416 e. The van der Waals surface area contributed by atoms with Crippen LogP contribution in [0.4, 0.5) is 13.2 Å². The minimum absolute atomic E-state index is 0.308. The van der Waals surface area contributed by atoms with E-state index in [2.05, 4.69) is 5.48 Å². The number of hydrogen-bond donors (Lipinski definition) is 1. The van der Waals surface area contributed by atoms with E-state index in [4.69, 9.17) is 9.57 Å². The number of alkyl halides is 3. The molecule has 0 radical (unpaired) electrons. The van der Waals surface area contributed by atoms with Crippen LogP contribution in [0.15, 0.2) is 48.5 Å². The maximum absolute atomic E-state index is 12.7. The second-order valence-corrected chi connectivity index (χ2v) is 5.97. The Labute approximate surface area is 148 Å². The van der Waals surface area contributed by atoms with Crippen LogP contribution in [0.3, 0.4) is 0 Å². The highest BCUT2D eigenvalue weighted by Gasteiger charge is 2.30. The zero-order valence-electron chi connectivity index (χ0n) is 13.9. The second-order valence-electron chi connectivity index (χ2n) is 5.97. The number of nitrogens with one attached hydrogen (secondary N) is 1. The van der Waals surface area contributed by atoms with Crippen LogP contribution in [0.2, 0.25) is 0 Å². The van der Waals surface area contributed by atoms with Crippen LogP contribution in [-0.2, 0) is 15.8 Å². The Morgan fingerprint density at radius 1 is 1.08 bits per heavy atom. The molecule has 7 heteroatoms. The SMILES string of the molecule is O=C(NO[C@H]1CCCCO1)c1ccccc1-c1ccc(C(F)(F)F)cc1. The summed E-state index contributed by atoms with van der Waals surface area (Å²) in [5, 5.41) is 0. The first-order chi connectivity index (χ1) is 12.4. The number of rotatable bonds is 4. The van der Waals surface area contributed by atoms with Gasteiger partial charge in [0.1, 0.15) is 0 Å². The molecule has 1 aliphatic heterocycles. The molecule has 0 spiro atoms. The minimum Gasteiger partial charge on any atom is -0.350 e. The standard InChI is InChI=1S/C19H18F3NO3/c20-19(21,22)14-10-8-13(9-11-14)15-5-1-2-6-16(15)18(24)23-26-17-7-3-4-12-25-17/h1-2,5-6,8-11,17H,3-4,7,12H2,(H,23,24)/t17-/m0/s1. The van der Waals surface area contributed by atoms with Crippen LogP contribution in [-0.4, -0.2) is 18.8 Å². The first kappa shape index (κ1) is 18.4. The second kappa shape index (κ2) is 7.88. The van der Waals surface area contributed by atoms with Crippen LogP contribution in [0.25, 0.3) is 11.1 Å². The van der Waals surface area contributed by atoms with E-state index < -0.39 is 23.9 Å². The third-order valence-electron chi connectivity index (χ3n) is 4.12. The van der Waals surface area contributed by atoms with E-state index in [-0.39, 0.29) is 0 Å². The van der Waals surface area contributed by atoms with Crippen LogP contribution in [0.1, 0.15) is 35.2 Å². The Hall–Kier alpha value is -2.38. The maximum atomic E-state index is 12.7. The Morgan fingerprint density at radius 2 is 1.81 bits per heavy atom. The molecule has 1 amide bonds. The molecule has 138 valence electrons. The molecule has 1 atom stereocenters. The molecule has 0 aromatic heterocycles. The summed E-state index contributed by atoms with van der Waals surface area (Å²) in [6.45, 7) is 0.586. The third kappa shape index (κ3) is 4.42. The van der Waals surface area contributed by atoms with Crippen molar-refractivity contribution in [3.63, 3.8) is 0 Å². The first-order valence-corrected chi connectivity index (χ1v) is 8.29. The van der Waals surface area contributed by atoms with Crippen molar-refractivity contribution in [3.05, 3.63) is 59.7 Å². The molecule has 0 bridgehead atoms. The fourth-order valence-electron chi connectivity index (χ4n) is 2.75. The average molecular weight is 365 g/mol. The number of halogens is 3. The van der Waals surface area contributed by atoms with Crippen molar-refractivity contribution in [1.29, 1.82) is 0 Å². The van der Waals surface area contributed by atoms with Crippen molar-refractivity contribution in [2.24, 2.45) is 0 Å². The van der Waals surface area contributed by atoms with E-state index in [1.807, 2.05) is 0 Å². The topological polar surface area (TPSA) is 47.6 Å². The Kier molecular flexibility index (Phi) is 5.58. The van der Waals surface area contributed by atoms with Gasteiger partial charge < -0.3 is 4.74 Å². The van der Waals surface area contributed by atoms with E-state index >= 15 is 0 Å². The number of hydroxylamine groups is 1. The normalized spacial score (nSPS) is 17.7. The number of benzene rings is 2. The summed E-state index contributed by atoms with van der Waals surface area (Å²) >= 11 is 0. The van der Waals surface area contributed by atoms with Gasteiger partial charge in [0.2, 0.25) is 0 Å². The quantitative estimate of drug-likeness (QED) is 0.808. The molecule has 1 heterocycles. The van der Waals surface area contributed by atoms with Crippen molar-refractivity contribution >= 4 is 5.91 Å². The average Bonchev–Trinajstić information content (AvgIpc) is 2.66. The van der Waals surface area contributed by atoms with E-state index in [1.54, 1.807) is 24.3 Å². The van der Waals surface area contributed by atoms with Gasteiger partial charge in [-0.2, -0.15) is 13.2 Å². The summed E-state index contributed by atoms with van der Waals surface area (Å²) in [6.07, 6.45) is -2.26. The molecule has 0 aliphatic carbocycles. The van der Waals surface area contributed by atoms with E-state index in [0.29, 0.717) is 29.7 Å². The molecule has 1 N–H and O–H groups in total. The zero-order chi connectivity index (χ0) is 18.6. The summed E-state index contributed by atoms with van der Waals surface area (Å²) in [7, 11) is 0. The van der Waals surface area contributed by atoms with E-state index in [9.17, 15) is 18.0 Å². The van der Waals surface area contributed by atoms with Gasteiger partial charge in [0.25, 0.3) is 5.91 Å². The molecule has 0 unspecified atom stereocenters. The molecule has 2 aromatic rings. The monoisotopic (exact) mass is 365 g/mol. The first-order valence-electron chi connectivity index (χ1n) is 8.29. The van der Waals surface area contributed by atoms with Gasteiger partial charge in [-0.1, -0.05) is 30.3 Å². The third-order valence-corrected chi connectivity index (χ3v) is 4.12. The lowest BCUT2D eigenvalue weighted by atomic mass is 9.98. The molecule has 0 saturated carbocycles. The van der Waals surface area contributed by atoms with Crippen molar-refractivity contribution in [1.82, 2.24) is 5.48 Å². The Bertz CT molecular complexity index is 753. The summed E-state index contributed by atoms with van der Waals surface area (Å²) in [6, 6.07) is 11.4. The Balaban J connectivity index is 1.76. The summed E-state index contributed by atoms with van der Waals surface area (Å²) in [5.74, 6) is -0.477. The van der Waals surface area contributed by atoms with E-state index in [0.717, 1.165) is 25.0 Å². The smallest absolute Gasteiger partial charge is 0.350 e. The number of ether oxygens (including phenoxy) is 1. The predicted molar refractivity (Wildman–Crippen MR) is 89.0 cm³/mol. The molecule has 1 fully saturated rings. The summed E-state index contributed by atoms with van der Waals surface area (Å²) < 4.78 is 43.5. The van der Waals surface area contributed by atoms with Crippen molar-refractivity contribution < 1.29 is 27.5 Å². The van der Waals surface area contributed by atoms with Crippen molar-refractivity contribution in [3.8, 4) is 11.1 Å². The Morgan fingerprint density at radius 3 is 2.46 bits per heavy atom. The number of amides is 1. The molecule has 2 aromatic carbocycles. The summed E-state index contributed by atoms with van der Waals surface area (Å²) in [5.41, 5.74) is 2.98. The minimum atomic E-state index is -4.40. The maximum Gasteiger partial charge on any atom is 0.416 e. The lowest BCUT2D eigenvalue weighted by Crippen LogP contribution is -2.33. The van der Waals surface area contributed by atoms with Crippen LogP contribution >= 0.6 is 0 Å². The van der Waals surface area contributed by atoms with Gasteiger partial charge in [0.05, 0.1) is 5.56 Å². The van der Waals surface area contributed by atoms with Crippen LogP contribution < -0.4 is 5.48 Å². The molecule has 3 rings (SSSR count). The van der Waals surface area contributed by atoms with Crippen molar-refractivity contribution in [2.75, 3.05) is 6.61 Å². The van der Waals surface area contributed by atoms with Gasteiger partial charge >= 0.3 is 6.18 Å². The fourth-order valence-corrected chi connectivity index (χ4v) is 2.75. The molecule has 4 nitrogen and oxygen atoms in total. The molecule has 26 heavy (non-hydrogen) atoms. The lowest BCUT2D eigenvalue weighted by molar-refractivity contribution is -0.186. The summed E-state index contributed by atoms with van der Waals surface area (Å²) in [4.78, 5) is 17.7. The fraction of sp³-hybridized carbons (Fsp3) is 0.316. The van der Waals surface area contributed by atoms with Gasteiger partial charge in [-0.05, 0) is 42.2 Å².